The number of hydrogen-bond acceptors (Lipinski definition) is 4. The molecule has 0 radical (unpaired) electrons. The Morgan fingerprint density at radius 2 is 2.22 bits per heavy atom. The van der Waals surface area contributed by atoms with E-state index < -0.39 is 4.92 Å². The lowest BCUT2D eigenvalue weighted by Crippen LogP contribution is -2.06. The summed E-state index contributed by atoms with van der Waals surface area (Å²) < 4.78 is 5.26. The van der Waals surface area contributed by atoms with Crippen LogP contribution in [0.15, 0.2) is 41.0 Å². The van der Waals surface area contributed by atoms with E-state index in [-0.39, 0.29) is 11.7 Å². The molecule has 1 heterocycles. The number of rotatable bonds is 4. The average molecular weight is 267 g/mol. The average Bonchev–Trinajstić information content (AvgIpc) is 2.85. The van der Waals surface area contributed by atoms with E-state index >= 15 is 0 Å². The molecule has 5 nitrogen and oxygen atoms in total. The molecule has 0 aliphatic carbocycles. The monoisotopic (exact) mass is 266 g/mol. The first-order valence-corrected chi connectivity index (χ1v) is 5.69. The van der Waals surface area contributed by atoms with Crippen molar-refractivity contribution in [2.45, 2.75) is 13.0 Å². The van der Waals surface area contributed by atoms with Crippen LogP contribution in [-0.2, 0) is 0 Å². The summed E-state index contributed by atoms with van der Waals surface area (Å²) >= 11 is 5.98. The fourth-order valence-electron chi connectivity index (χ4n) is 1.58. The van der Waals surface area contributed by atoms with Crippen LogP contribution in [-0.4, -0.2) is 4.92 Å². The Labute approximate surface area is 109 Å². The number of halogens is 1. The molecule has 0 aliphatic rings. The minimum atomic E-state index is -0.481. The van der Waals surface area contributed by atoms with Gasteiger partial charge in [-0.05, 0) is 25.1 Å². The predicted octanol–water partition coefficient (Wildman–Crippen LogP) is 4.01. The quantitative estimate of drug-likeness (QED) is 0.670. The van der Waals surface area contributed by atoms with Gasteiger partial charge in [0.2, 0.25) is 0 Å². The third kappa shape index (κ3) is 2.62. The summed E-state index contributed by atoms with van der Waals surface area (Å²) in [6, 6.07) is 7.88. The Kier molecular flexibility index (Phi) is 3.53. The molecule has 0 amide bonds. The largest absolute Gasteiger partial charge is 0.467 e. The van der Waals surface area contributed by atoms with Crippen LogP contribution in [0, 0.1) is 10.1 Å². The smallest absolute Gasteiger partial charge is 0.271 e. The number of furan rings is 1. The van der Waals surface area contributed by atoms with Gasteiger partial charge in [-0.15, -0.1) is 0 Å². The van der Waals surface area contributed by atoms with E-state index in [1.165, 1.54) is 12.1 Å². The molecule has 94 valence electrons. The minimum Gasteiger partial charge on any atom is -0.467 e. The Balaban J connectivity index is 2.17. The standard InChI is InChI=1S/C12H11ClN2O3/c1-8(12-3-2-6-18-12)14-11-5-4-9(15(16)17)7-10(11)13/h2-8,14H,1H3/t8-/m0/s1. The minimum absolute atomic E-state index is 0.0313. The zero-order valence-electron chi connectivity index (χ0n) is 9.59. The van der Waals surface area contributed by atoms with E-state index in [0.29, 0.717) is 10.7 Å². The maximum atomic E-state index is 10.6. The molecule has 18 heavy (non-hydrogen) atoms. The van der Waals surface area contributed by atoms with Gasteiger partial charge in [0, 0.05) is 12.1 Å². The molecule has 1 N–H and O–H groups in total. The number of benzene rings is 1. The summed E-state index contributed by atoms with van der Waals surface area (Å²) in [5.41, 5.74) is 0.599. The summed E-state index contributed by atoms with van der Waals surface area (Å²) in [4.78, 5) is 10.1. The number of anilines is 1. The Morgan fingerprint density at radius 1 is 1.44 bits per heavy atom. The Hall–Kier alpha value is -2.01. The first-order valence-electron chi connectivity index (χ1n) is 5.32. The molecule has 0 spiro atoms. The van der Waals surface area contributed by atoms with Crippen molar-refractivity contribution in [1.29, 1.82) is 0 Å². The number of nitrogens with one attached hydrogen (secondary N) is 1. The summed E-state index contributed by atoms with van der Waals surface area (Å²) in [7, 11) is 0. The van der Waals surface area contributed by atoms with Gasteiger partial charge in [0.1, 0.15) is 5.76 Å². The van der Waals surface area contributed by atoms with Gasteiger partial charge in [-0.2, -0.15) is 0 Å². The summed E-state index contributed by atoms with van der Waals surface area (Å²) in [5, 5.41) is 14.0. The van der Waals surface area contributed by atoms with Gasteiger partial charge in [-0.3, -0.25) is 10.1 Å². The normalized spacial score (nSPS) is 12.1. The highest BCUT2D eigenvalue weighted by Crippen LogP contribution is 2.29. The number of hydrogen-bond donors (Lipinski definition) is 1. The van der Waals surface area contributed by atoms with E-state index in [4.69, 9.17) is 16.0 Å². The van der Waals surface area contributed by atoms with Crippen LogP contribution in [0.1, 0.15) is 18.7 Å². The molecule has 1 aromatic carbocycles. The Bertz CT molecular complexity index is 554. The molecule has 0 fully saturated rings. The second-order valence-electron chi connectivity index (χ2n) is 3.80. The van der Waals surface area contributed by atoms with Gasteiger partial charge in [-0.1, -0.05) is 11.6 Å². The molecular formula is C12H11ClN2O3. The van der Waals surface area contributed by atoms with Crippen LogP contribution >= 0.6 is 11.6 Å². The second-order valence-corrected chi connectivity index (χ2v) is 4.21. The highest BCUT2D eigenvalue weighted by molar-refractivity contribution is 6.33. The van der Waals surface area contributed by atoms with Crippen LogP contribution < -0.4 is 5.32 Å². The van der Waals surface area contributed by atoms with Gasteiger partial charge in [0.05, 0.1) is 27.9 Å². The lowest BCUT2D eigenvalue weighted by Gasteiger charge is -2.13. The van der Waals surface area contributed by atoms with Crippen LogP contribution in [0.4, 0.5) is 11.4 Å². The van der Waals surface area contributed by atoms with Crippen LogP contribution in [0.5, 0.6) is 0 Å². The molecule has 2 rings (SSSR count). The molecule has 2 aromatic rings. The molecule has 6 heteroatoms. The van der Waals surface area contributed by atoms with Crippen LogP contribution in [0.3, 0.4) is 0 Å². The molecule has 1 aromatic heterocycles. The maximum Gasteiger partial charge on any atom is 0.271 e. The van der Waals surface area contributed by atoms with Crippen molar-refractivity contribution in [2.24, 2.45) is 0 Å². The highest BCUT2D eigenvalue weighted by atomic mass is 35.5. The molecule has 0 aliphatic heterocycles. The zero-order valence-corrected chi connectivity index (χ0v) is 10.3. The van der Waals surface area contributed by atoms with E-state index in [2.05, 4.69) is 5.32 Å². The van der Waals surface area contributed by atoms with E-state index in [9.17, 15) is 10.1 Å². The van der Waals surface area contributed by atoms with Crippen molar-refractivity contribution in [1.82, 2.24) is 0 Å². The zero-order chi connectivity index (χ0) is 13.1. The molecule has 1 atom stereocenters. The lowest BCUT2D eigenvalue weighted by atomic mass is 10.2. The SMILES string of the molecule is C[C@H](Nc1ccc([N+](=O)[O-])cc1Cl)c1ccco1. The van der Waals surface area contributed by atoms with Gasteiger partial charge in [-0.25, -0.2) is 0 Å². The first kappa shape index (κ1) is 12.4. The second kappa shape index (κ2) is 5.10. The molecule has 0 saturated carbocycles. The number of non-ortho nitro benzene ring substituents is 1. The summed E-state index contributed by atoms with van der Waals surface area (Å²) in [6.07, 6.45) is 1.59. The number of nitrogens with zero attached hydrogens (tertiary/aromatic N) is 1. The van der Waals surface area contributed by atoms with Gasteiger partial charge in [0.15, 0.2) is 0 Å². The van der Waals surface area contributed by atoms with Gasteiger partial charge in [0.25, 0.3) is 5.69 Å². The Morgan fingerprint density at radius 3 is 2.78 bits per heavy atom. The van der Waals surface area contributed by atoms with E-state index in [0.717, 1.165) is 5.76 Å². The van der Waals surface area contributed by atoms with Crippen molar-refractivity contribution >= 4 is 23.0 Å². The van der Waals surface area contributed by atoms with Crippen molar-refractivity contribution in [3.8, 4) is 0 Å². The summed E-state index contributed by atoms with van der Waals surface area (Å²) in [5.74, 6) is 0.768. The third-order valence-electron chi connectivity index (χ3n) is 2.51. The van der Waals surface area contributed by atoms with Crippen molar-refractivity contribution in [3.63, 3.8) is 0 Å². The van der Waals surface area contributed by atoms with Crippen molar-refractivity contribution in [3.05, 3.63) is 57.5 Å². The number of nitro benzene ring substituents is 1. The van der Waals surface area contributed by atoms with E-state index in [1.807, 2.05) is 13.0 Å². The van der Waals surface area contributed by atoms with E-state index in [1.54, 1.807) is 18.4 Å². The van der Waals surface area contributed by atoms with Gasteiger partial charge < -0.3 is 9.73 Å². The fraction of sp³-hybridized carbons (Fsp3) is 0.167. The van der Waals surface area contributed by atoms with Crippen LogP contribution in [0.2, 0.25) is 5.02 Å². The van der Waals surface area contributed by atoms with Crippen LogP contribution in [0.25, 0.3) is 0 Å². The number of nitro groups is 1. The maximum absolute atomic E-state index is 10.6. The fourth-order valence-corrected chi connectivity index (χ4v) is 1.81. The van der Waals surface area contributed by atoms with Crippen molar-refractivity contribution in [2.75, 3.05) is 5.32 Å². The van der Waals surface area contributed by atoms with Crippen molar-refractivity contribution < 1.29 is 9.34 Å². The highest BCUT2D eigenvalue weighted by Gasteiger charge is 2.13. The summed E-state index contributed by atoms with van der Waals surface area (Å²) in [6.45, 7) is 1.91. The third-order valence-corrected chi connectivity index (χ3v) is 2.82. The molecular weight excluding hydrogens is 256 g/mol. The topological polar surface area (TPSA) is 68.3 Å². The predicted molar refractivity (Wildman–Crippen MR) is 68.9 cm³/mol. The van der Waals surface area contributed by atoms with Gasteiger partial charge >= 0.3 is 0 Å². The lowest BCUT2D eigenvalue weighted by molar-refractivity contribution is -0.384. The molecule has 0 bridgehead atoms. The first-order chi connectivity index (χ1) is 8.58. The molecule has 0 unspecified atom stereocenters. The molecule has 0 saturated heterocycles.